The van der Waals surface area contributed by atoms with E-state index >= 15 is 0 Å². The summed E-state index contributed by atoms with van der Waals surface area (Å²) in [6, 6.07) is 2.23. The largest absolute Gasteiger partial charge is 0.459 e. The van der Waals surface area contributed by atoms with Gasteiger partial charge in [0.25, 0.3) is 5.91 Å². The van der Waals surface area contributed by atoms with Crippen molar-refractivity contribution in [2.75, 3.05) is 45.9 Å². The SMILES string of the molecule is CCNC(=NCCCNC(=O)c1occc1C)NC1CCN(CCOC(C)C)CC1.I. The number of aryl methyl sites for hydroxylation is 1. The molecule has 0 atom stereocenters. The summed E-state index contributed by atoms with van der Waals surface area (Å²) in [5.41, 5.74) is 0.850. The van der Waals surface area contributed by atoms with Crippen LogP contribution >= 0.6 is 24.0 Å². The number of piperidine rings is 1. The second kappa shape index (κ2) is 15.5. The molecule has 1 aliphatic heterocycles. The molecule has 8 nitrogen and oxygen atoms in total. The topological polar surface area (TPSA) is 91.1 Å². The molecule has 0 aliphatic carbocycles. The molecule has 0 saturated carbocycles. The van der Waals surface area contributed by atoms with Crippen molar-refractivity contribution >= 4 is 35.8 Å². The molecule has 1 aromatic heterocycles. The van der Waals surface area contributed by atoms with Crippen LogP contribution in [0, 0.1) is 6.92 Å². The fraction of sp³-hybridized carbons (Fsp3) is 0.727. The van der Waals surface area contributed by atoms with E-state index in [0.717, 1.165) is 63.6 Å². The average molecular weight is 549 g/mol. The van der Waals surface area contributed by atoms with Gasteiger partial charge in [-0.2, -0.15) is 0 Å². The Morgan fingerprint density at radius 2 is 2.06 bits per heavy atom. The average Bonchev–Trinajstić information content (AvgIpc) is 3.14. The molecule has 1 fully saturated rings. The normalized spacial score (nSPS) is 15.6. The van der Waals surface area contributed by atoms with E-state index in [1.165, 1.54) is 6.26 Å². The lowest BCUT2D eigenvalue weighted by Crippen LogP contribution is -2.49. The number of guanidine groups is 1. The molecule has 1 aliphatic rings. The van der Waals surface area contributed by atoms with E-state index in [2.05, 4.69) is 46.6 Å². The maximum Gasteiger partial charge on any atom is 0.287 e. The van der Waals surface area contributed by atoms with Gasteiger partial charge in [0.1, 0.15) is 0 Å². The van der Waals surface area contributed by atoms with Crippen LogP contribution in [0.25, 0.3) is 0 Å². The number of halogens is 1. The molecule has 1 amide bonds. The van der Waals surface area contributed by atoms with Gasteiger partial charge < -0.3 is 30.0 Å². The van der Waals surface area contributed by atoms with Crippen LogP contribution in [0.3, 0.4) is 0 Å². The number of nitrogens with zero attached hydrogens (tertiary/aromatic N) is 2. The molecule has 31 heavy (non-hydrogen) atoms. The molecule has 9 heteroatoms. The molecule has 0 bridgehead atoms. The van der Waals surface area contributed by atoms with E-state index in [9.17, 15) is 4.79 Å². The van der Waals surface area contributed by atoms with E-state index in [-0.39, 0.29) is 29.9 Å². The first-order valence-electron chi connectivity index (χ1n) is 11.2. The van der Waals surface area contributed by atoms with Crippen LogP contribution in [-0.4, -0.2) is 74.8 Å². The van der Waals surface area contributed by atoms with Gasteiger partial charge in [-0.05, 0) is 53.0 Å². The molecule has 1 aromatic rings. The molecular formula is C22H40IN5O3. The van der Waals surface area contributed by atoms with Crippen molar-refractivity contribution in [3.8, 4) is 0 Å². The van der Waals surface area contributed by atoms with Gasteiger partial charge in [-0.1, -0.05) is 0 Å². The van der Waals surface area contributed by atoms with Gasteiger partial charge in [-0.15, -0.1) is 24.0 Å². The standard InChI is InChI=1S/C22H39N5O3.HI/c1-5-23-22(25-11-6-10-24-21(28)20-18(4)9-15-30-20)26-19-7-12-27(13-8-19)14-16-29-17(2)3;/h9,15,17,19H,5-8,10-14,16H2,1-4H3,(H,24,28)(H2,23,25,26);1H. The van der Waals surface area contributed by atoms with Crippen molar-refractivity contribution in [2.24, 2.45) is 4.99 Å². The second-order valence-corrected chi connectivity index (χ2v) is 7.98. The number of rotatable bonds is 11. The number of amides is 1. The van der Waals surface area contributed by atoms with Gasteiger partial charge in [0.15, 0.2) is 11.7 Å². The van der Waals surface area contributed by atoms with E-state index in [4.69, 9.17) is 9.15 Å². The first-order chi connectivity index (χ1) is 14.5. The first kappa shape index (κ1) is 27.7. The molecule has 0 aromatic carbocycles. The van der Waals surface area contributed by atoms with Gasteiger partial charge in [0.2, 0.25) is 0 Å². The van der Waals surface area contributed by atoms with Crippen molar-refractivity contribution in [3.63, 3.8) is 0 Å². The Balaban J connectivity index is 0.00000480. The van der Waals surface area contributed by atoms with Crippen LogP contribution < -0.4 is 16.0 Å². The highest BCUT2D eigenvalue weighted by molar-refractivity contribution is 14.0. The summed E-state index contributed by atoms with van der Waals surface area (Å²) in [7, 11) is 0. The number of ether oxygens (including phenoxy) is 1. The number of hydrogen-bond donors (Lipinski definition) is 3. The van der Waals surface area contributed by atoms with Gasteiger partial charge >= 0.3 is 0 Å². The van der Waals surface area contributed by atoms with Crippen LogP contribution in [0.15, 0.2) is 21.7 Å². The molecule has 3 N–H and O–H groups in total. The Morgan fingerprint density at radius 1 is 1.32 bits per heavy atom. The number of nitrogens with one attached hydrogen (secondary N) is 3. The van der Waals surface area contributed by atoms with Gasteiger partial charge in [0.05, 0.1) is 19.0 Å². The molecule has 0 radical (unpaired) electrons. The third-order valence-corrected chi connectivity index (χ3v) is 5.09. The number of likely N-dealkylation sites (tertiary alicyclic amines) is 1. The fourth-order valence-electron chi connectivity index (χ4n) is 3.39. The van der Waals surface area contributed by atoms with Crippen LogP contribution in [0.5, 0.6) is 0 Å². The highest BCUT2D eigenvalue weighted by Crippen LogP contribution is 2.10. The summed E-state index contributed by atoms with van der Waals surface area (Å²) in [5.74, 6) is 1.07. The lowest BCUT2D eigenvalue weighted by atomic mass is 10.1. The zero-order valence-corrected chi connectivity index (χ0v) is 21.7. The highest BCUT2D eigenvalue weighted by Gasteiger charge is 2.19. The van der Waals surface area contributed by atoms with Crippen LogP contribution in [0.4, 0.5) is 0 Å². The molecule has 2 heterocycles. The summed E-state index contributed by atoms with van der Waals surface area (Å²) >= 11 is 0. The summed E-state index contributed by atoms with van der Waals surface area (Å²) < 4.78 is 10.9. The van der Waals surface area contributed by atoms with Crippen molar-refractivity contribution in [1.82, 2.24) is 20.9 Å². The summed E-state index contributed by atoms with van der Waals surface area (Å²) in [5, 5.41) is 9.76. The molecule has 0 unspecified atom stereocenters. The fourth-order valence-corrected chi connectivity index (χ4v) is 3.39. The molecule has 178 valence electrons. The van der Waals surface area contributed by atoms with Crippen molar-refractivity contribution in [2.45, 2.75) is 59.1 Å². The lowest BCUT2D eigenvalue weighted by Gasteiger charge is -2.33. The molecule has 0 spiro atoms. The second-order valence-electron chi connectivity index (χ2n) is 7.98. The Bertz CT molecular complexity index is 657. The van der Waals surface area contributed by atoms with Crippen molar-refractivity contribution < 1.29 is 13.9 Å². The zero-order chi connectivity index (χ0) is 21.8. The minimum Gasteiger partial charge on any atom is -0.459 e. The monoisotopic (exact) mass is 549 g/mol. The molecule has 1 saturated heterocycles. The Hall–Kier alpha value is -1.33. The Labute approximate surface area is 204 Å². The number of carbonyl (C=O) groups is 1. The predicted molar refractivity (Wildman–Crippen MR) is 135 cm³/mol. The summed E-state index contributed by atoms with van der Waals surface area (Å²) in [6.45, 7) is 14.1. The van der Waals surface area contributed by atoms with Crippen LogP contribution in [-0.2, 0) is 4.74 Å². The number of aliphatic imine (C=N–C) groups is 1. The van der Waals surface area contributed by atoms with Crippen LogP contribution in [0.2, 0.25) is 0 Å². The number of carbonyl (C=O) groups excluding carboxylic acids is 1. The predicted octanol–water partition coefficient (Wildman–Crippen LogP) is 2.77. The summed E-state index contributed by atoms with van der Waals surface area (Å²) in [6.07, 6.45) is 4.81. The maximum atomic E-state index is 12.0. The van der Waals surface area contributed by atoms with Crippen LogP contribution in [0.1, 0.15) is 56.2 Å². The van der Waals surface area contributed by atoms with E-state index < -0.39 is 0 Å². The quantitative estimate of drug-likeness (QED) is 0.170. The van der Waals surface area contributed by atoms with E-state index in [1.54, 1.807) is 6.07 Å². The smallest absolute Gasteiger partial charge is 0.287 e. The third kappa shape index (κ3) is 10.7. The van der Waals surface area contributed by atoms with Gasteiger partial charge in [-0.25, -0.2) is 0 Å². The zero-order valence-electron chi connectivity index (χ0n) is 19.4. The summed E-state index contributed by atoms with van der Waals surface area (Å²) in [4.78, 5) is 19.2. The molecule has 2 rings (SSSR count). The maximum absolute atomic E-state index is 12.0. The van der Waals surface area contributed by atoms with E-state index in [0.29, 0.717) is 31.0 Å². The minimum absolute atomic E-state index is 0. The lowest BCUT2D eigenvalue weighted by molar-refractivity contribution is 0.0532. The van der Waals surface area contributed by atoms with Crippen molar-refractivity contribution in [1.29, 1.82) is 0 Å². The Kier molecular flexibility index (Phi) is 13.8. The number of furan rings is 1. The van der Waals surface area contributed by atoms with Gasteiger partial charge in [-0.3, -0.25) is 9.79 Å². The number of hydrogen-bond acceptors (Lipinski definition) is 5. The molecular weight excluding hydrogens is 509 g/mol. The van der Waals surface area contributed by atoms with E-state index in [1.807, 2.05) is 6.92 Å². The minimum atomic E-state index is -0.169. The third-order valence-electron chi connectivity index (χ3n) is 5.09. The Morgan fingerprint density at radius 3 is 2.68 bits per heavy atom. The van der Waals surface area contributed by atoms with Gasteiger partial charge in [0, 0.05) is 50.9 Å². The first-order valence-corrected chi connectivity index (χ1v) is 11.2. The van der Waals surface area contributed by atoms with Crippen molar-refractivity contribution in [3.05, 3.63) is 23.7 Å². The highest BCUT2D eigenvalue weighted by atomic mass is 127.